The van der Waals surface area contributed by atoms with Crippen molar-refractivity contribution in [2.75, 3.05) is 0 Å². The number of carbonyl (C=O) groups excluding carboxylic acids is 1. The van der Waals surface area contributed by atoms with Gasteiger partial charge in [-0.25, -0.2) is 0 Å². The zero-order valence-corrected chi connectivity index (χ0v) is 8.24. The average molecular weight is 178 g/mol. The Bertz CT molecular complexity index is 337. The Hall–Kier alpha value is -1.38. The standard InChI is InChI=1S/C10H14N2O/c1-4-5-10(13)7-9-6-8(2)11-12(9)3/h4-6H,7H2,1-3H3/b5-4+. The second-order valence-electron chi connectivity index (χ2n) is 3.04. The SMILES string of the molecule is C/C=C/C(=O)Cc1cc(C)nn1C. The Morgan fingerprint density at radius 1 is 1.69 bits per heavy atom. The zero-order chi connectivity index (χ0) is 9.84. The second-order valence-corrected chi connectivity index (χ2v) is 3.04. The second kappa shape index (κ2) is 4.03. The number of rotatable bonds is 3. The maximum atomic E-state index is 11.2. The Kier molecular flexibility index (Phi) is 3.01. The highest BCUT2D eigenvalue weighted by molar-refractivity contribution is 5.91. The van der Waals surface area contributed by atoms with Crippen LogP contribution in [0.3, 0.4) is 0 Å². The van der Waals surface area contributed by atoms with Gasteiger partial charge in [-0.1, -0.05) is 6.08 Å². The maximum absolute atomic E-state index is 11.2. The first-order valence-electron chi connectivity index (χ1n) is 4.28. The molecule has 3 nitrogen and oxygen atoms in total. The third-order valence-electron chi connectivity index (χ3n) is 1.81. The lowest BCUT2D eigenvalue weighted by atomic mass is 10.2. The van der Waals surface area contributed by atoms with Gasteiger partial charge in [0.2, 0.25) is 0 Å². The van der Waals surface area contributed by atoms with Crippen LogP contribution in [0, 0.1) is 6.92 Å². The molecule has 70 valence electrons. The minimum Gasteiger partial charge on any atom is -0.294 e. The summed E-state index contributed by atoms with van der Waals surface area (Å²) in [4.78, 5) is 11.2. The molecule has 1 aromatic heterocycles. The summed E-state index contributed by atoms with van der Waals surface area (Å²) in [5.74, 6) is 0.116. The van der Waals surface area contributed by atoms with E-state index in [4.69, 9.17) is 0 Å². The minimum absolute atomic E-state index is 0.116. The molecular formula is C10H14N2O. The van der Waals surface area contributed by atoms with Crippen LogP contribution in [-0.2, 0) is 18.3 Å². The van der Waals surface area contributed by atoms with Crippen molar-refractivity contribution in [1.82, 2.24) is 9.78 Å². The monoisotopic (exact) mass is 178 g/mol. The first kappa shape index (κ1) is 9.71. The molecule has 0 radical (unpaired) electrons. The largest absolute Gasteiger partial charge is 0.294 e. The van der Waals surface area contributed by atoms with E-state index < -0.39 is 0 Å². The van der Waals surface area contributed by atoms with Gasteiger partial charge in [-0.2, -0.15) is 5.10 Å². The molecule has 0 amide bonds. The molecule has 1 rings (SSSR count). The molecule has 1 aromatic rings. The number of aromatic nitrogens is 2. The van der Waals surface area contributed by atoms with E-state index in [0.29, 0.717) is 6.42 Å². The van der Waals surface area contributed by atoms with E-state index in [2.05, 4.69) is 5.10 Å². The predicted molar refractivity (Wildman–Crippen MR) is 51.5 cm³/mol. The molecule has 0 saturated heterocycles. The lowest BCUT2D eigenvalue weighted by molar-refractivity contribution is -0.114. The van der Waals surface area contributed by atoms with Crippen molar-refractivity contribution in [2.24, 2.45) is 7.05 Å². The van der Waals surface area contributed by atoms with Crippen molar-refractivity contribution < 1.29 is 4.79 Å². The van der Waals surface area contributed by atoms with E-state index in [1.165, 1.54) is 0 Å². The number of ketones is 1. The topological polar surface area (TPSA) is 34.9 Å². The number of allylic oxidation sites excluding steroid dienone is 2. The Labute approximate surface area is 78.1 Å². The highest BCUT2D eigenvalue weighted by Crippen LogP contribution is 2.03. The number of carbonyl (C=O) groups is 1. The van der Waals surface area contributed by atoms with Crippen molar-refractivity contribution in [2.45, 2.75) is 20.3 Å². The summed E-state index contributed by atoms with van der Waals surface area (Å²) in [6, 6.07) is 1.93. The molecule has 0 aliphatic carbocycles. The van der Waals surface area contributed by atoms with Gasteiger partial charge in [0.05, 0.1) is 12.1 Å². The first-order chi connectivity index (χ1) is 6.13. The Balaban J connectivity index is 2.74. The summed E-state index contributed by atoms with van der Waals surface area (Å²) in [5, 5.41) is 4.16. The van der Waals surface area contributed by atoms with E-state index in [1.54, 1.807) is 16.8 Å². The maximum Gasteiger partial charge on any atom is 0.161 e. The zero-order valence-electron chi connectivity index (χ0n) is 8.24. The fourth-order valence-electron chi connectivity index (χ4n) is 1.25. The number of hydrogen-bond donors (Lipinski definition) is 0. The van der Waals surface area contributed by atoms with Crippen LogP contribution < -0.4 is 0 Å². The molecule has 0 fully saturated rings. The van der Waals surface area contributed by atoms with Gasteiger partial charge < -0.3 is 0 Å². The molecule has 0 spiro atoms. The van der Waals surface area contributed by atoms with Gasteiger partial charge in [0.15, 0.2) is 5.78 Å². The molecule has 1 heterocycles. The van der Waals surface area contributed by atoms with Crippen molar-refractivity contribution in [1.29, 1.82) is 0 Å². The molecule has 3 heteroatoms. The average Bonchev–Trinajstić information content (AvgIpc) is 2.30. The molecule has 0 aliphatic rings. The number of aryl methyl sites for hydroxylation is 2. The van der Waals surface area contributed by atoms with E-state index in [9.17, 15) is 4.79 Å². The normalized spacial score (nSPS) is 11.0. The van der Waals surface area contributed by atoms with Crippen LogP contribution in [-0.4, -0.2) is 15.6 Å². The fraction of sp³-hybridized carbons (Fsp3) is 0.400. The molecule has 13 heavy (non-hydrogen) atoms. The van der Waals surface area contributed by atoms with Gasteiger partial charge in [-0.15, -0.1) is 0 Å². The Morgan fingerprint density at radius 3 is 2.85 bits per heavy atom. The van der Waals surface area contributed by atoms with Gasteiger partial charge >= 0.3 is 0 Å². The third kappa shape index (κ3) is 2.54. The van der Waals surface area contributed by atoms with E-state index in [1.807, 2.05) is 27.0 Å². The predicted octanol–water partition coefficient (Wildman–Crippen LogP) is 1.42. The highest BCUT2D eigenvalue weighted by atomic mass is 16.1. The fourth-order valence-corrected chi connectivity index (χ4v) is 1.25. The summed E-state index contributed by atoms with van der Waals surface area (Å²) in [6.45, 7) is 3.76. The summed E-state index contributed by atoms with van der Waals surface area (Å²) >= 11 is 0. The van der Waals surface area contributed by atoms with E-state index >= 15 is 0 Å². The van der Waals surface area contributed by atoms with E-state index in [-0.39, 0.29) is 5.78 Å². The van der Waals surface area contributed by atoms with Crippen molar-refractivity contribution in [3.8, 4) is 0 Å². The quantitative estimate of drug-likeness (QED) is 0.656. The number of nitrogens with zero attached hydrogens (tertiary/aromatic N) is 2. The van der Waals surface area contributed by atoms with Crippen LogP contribution in [0.1, 0.15) is 18.3 Å². The minimum atomic E-state index is 0.116. The van der Waals surface area contributed by atoms with Crippen LogP contribution >= 0.6 is 0 Å². The van der Waals surface area contributed by atoms with Crippen LogP contribution in [0.4, 0.5) is 0 Å². The molecule has 0 N–H and O–H groups in total. The molecule has 0 saturated carbocycles. The Morgan fingerprint density at radius 2 is 2.38 bits per heavy atom. The van der Waals surface area contributed by atoms with Gasteiger partial charge in [-0.05, 0) is 26.0 Å². The summed E-state index contributed by atoms with van der Waals surface area (Å²) in [5.41, 5.74) is 1.91. The summed E-state index contributed by atoms with van der Waals surface area (Å²) in [7, 11) is 1.85. The van der Waals surface area contributed by atoms with Crippen molar-refractivity contribution in [3.05, 3.63) is 29.6 Å². The van der Waals surface area contributed by atoms with Gasteiger partial charge in [-0.3, -0.25) is 9.48 Å². The van der Waals surface area contributed by atoms with Crippen molar-refractivity contribution in [3.63, 3.8) is 0 Å². The first-order valence-corrected chi connectivity index (χ1v) is 4.28. The smallest absolute Gasteiger partial charge is 0.161 e. The third-order valence-corrected chi connectivity index (χ3v) is 1.81. The molecule has 0 unspecified atom stereocenters. The molecule has 0 aliphatic heterocycles. The number of hydrogen-bond acceptors (Lipinski definition) is 2. The van der Waals surface area contributed by atoms with Crippen LogP contribution in [0.5, 0.6) is 0 Å². The lowest BCUT2D eigenvalue weighted by Crippen LogP contribution is -2.04. The molecule has 0 bridgehead atoms. The summed E-state index contributed by atoms with van der Waals surface area (Å²) < 4.78 is 1.75. The van der Waals surface area contributed by atoms with E-state index in [0.717, 1.165) is 11.4 Å². The molecule has 0 aromatic carbocycles. The lowest BCUT2D eigenvalue weighted by Gasteiger charge is -1.96. The highest BCUT2D eigenvalue weighted by Gasteiger charge is 2.05. The summed E-state index contributed by atoms with van der Waals surface area (Å²) in [6.07, 6.45) is 3.77. The molecular weight excluding hydrogens is 164 g/mol. The van der Waals surface area contributed by atoms with Gasteiger partial charge in [0, 0.05) is 12.7 Å². The van der Waals surface area contributed by atoms with Gasteiger partial charge in [0.1, 0.15) is 0 Å². The van der Waals surface area contributed by atoms with Crippen LogP contribution in [0.2, 0.25) is 0 Å². The van der Waals surface area contributed by atoms with Crippen molar-refractivity contribution >= 4 is 5.78 Å². The molecule has 0 atom stereocenters. The van der Waals surface area contributed by atoms with Crippen LogP contribution in [0.15, 0.2) is 18.2 Å². The van der Waals surface area contributed by atoms with Crippen LogP contribution in [0.25, 0.3) is 0 Å². The van der Waals surface area contributed by atoms with Gasteiger partial charge in [0.25, 0.3) is 0 Å².